The molecule has 0 radical (unpaired) electrons. The second-order valence-corrected chi connectivity index (χ2v) is 10.7. The molecule has 2 fully saturated rings. The van der Waals surface area contributed by atoms with Crippen LogP contribution < -0.4 is 0 Å². The van der Waals surface area contributed by atoms with Crippen LogP contribution in [0.4, 0.5) is 0 Å². The van der Waals surface area contributed by atoms with Crippen molar-refractivity contribution in [1.82, 2.24) is 0 Å². The summed E-state index contributed by atoms with van der Waals surface area (Å²) in [5.74, 6) is 0. The molecule has 0 aromatic rings. The van der Waals surface area contributed by atoms with Crippen LogP contribution in [0, 0.1) is 0 Å². The molecule has 0 aromatic heterocycles. The third-order valence-electron chi connectivity index (χ3n) is 5.83. The second-order valence-electron chi connectivity index (χ2n) is 7.87. The van der Waals surface area contributed by atoms with Crippen LogP contribution in [0.1, 0.15) is 110 Å². The minimum Gasteiger partial charge on any atom is -0.325 e. The van der Waals surface area contributed by atoms with Gasteiger partial charge in [0.05, 0.1) is 6.10 Å². The fourth-order valence-electron chi connectivity index (χ4n) is 4.33. The van der Waals surface area contributed by atoms with Gasteiger partial charge in [0, 0.05) is 11.8 Å². The Morgan fingerprint density at radius 1 is 0.783 bits per heavy atom. The van der Waals surface area contributed by atoms with Gasteiger partial charge in [-0.2, -0.15) is 0 Å². The Morgan fingerprint density at radius 2 is 1.35 bits per heavy atom. The molecule has 0 N–H and O–H groups in total. The van der Waals surface area contributed by atoms with Crippen molar-refractivity contribution in [1.29, 1.82) is 0 Å². The summed E-state index contributed by atoms with van der Waals surface area (Å²) in [7, 11) is -2.42. The van der Waals surface area contributed by atoms with E-state index in [2.05, 4.69) is 6.92 Å². The zero-order valence-electron chi connectivity index (χ0n) is 15.4. The van der Waals surface area contributed by atoms with E-state index in [1.807, 2.05) is 0 Å². The lowest BCUT2D eigenvalue weighted by Crippen LogP contribution is -2.23. The highest BCUT2D eigenvalue weighted by molar-refractivity contribution is 7.59. The predicted molar refractivity (Wildman–Crippen MR) is 101 cm³/mol. The van der Waals surface area contributed by atoms with E-state index in [0.29, 0.717) is 11.8 Å². The van der Waals surface area contributed by atoms with Crippen LogP contribution in [0.15, 0.2) is 0 Å². The summed E-state index contributed by atoms with van der Waals surface area (Å²) < 4.78 is 20.1. The maximum Gasteiger partial charge on any atom is 0.206 e. The fourth-order valence-corrected chi connectivity index (χ4v) is 7.51. The molecule has 2 nitrogen and oxygen atoms in total. The first kappa shape index (κ1) is 19.5. The average Bonchev–Trinajstić information content (AvgIpc) is 2.60. The van der Waals surface area contributed by atoms with Gasteiger partial charge in [0.2, 0.25) is 7.37 Å². The van der Waals surface area contributed by atoms with Gasteiger partial charge in [-0.1, -0.05) is 77.6 Å². The number of rotatable bonds is 10. The third-order valence-corrected chi connectivity index (χ3v) is 9.06. The molecule has 1 atom stereocenters. The van der Waals surface area contributed by atoms with Crippen LogP contribution in [0.2, 0.25) is 0 Å². The third kappa shape index (κ3) is 6.91. The molecule has 1 unspecified atom stereocenters. The van der Waals surface area contributed by atoms with Crippen LogP contribution in [0.25, 0.3) is 0 Å². The zero-order chi connectivity index (χ0) is 16.4. The van der Waals surface area contributed by atoms with Crippen molar-refractivity contribution in [2.24, 2.45) is 0 Å². The molecule has 3 heteroatoms. The maximum absolute atomic E-state index is 13.7. The van der Waals surface area contributed by atoms with Crippen molar-refractivity contribution in [2.45, 2.75) is 121 Å². The molecule has 2 aliphatic carbocycles. The molecule has 0 spiro atoms. The molecule has 0 heterocycles. The van der Waals surface area contributed by atoms with Gasteiger partial charge in [-0.25, -0.2) is 0 Å². The Labute approximate surface area is 144 Å². The number of hydrogen-bond donors (Lipinski definition) is 0. The summed E-state index contributed by atoms with van der Waals surface area (Å²) in [5, 5.41) is 0. The SMILES string of the molecule is CCCCCCCCP(=O)(OC1CCCCC1)C1CCCCC1. The van der Waals surface area contributed by atoms with E-state index in [1.165, 1.54) is 70.6 Å². The number of unbranched alkanes of at least 4 members (excludes halogenated alkanes) is 5. The van der Waals surface area contributed by atoms with Crippen molar-refractivity contribution < 1.29 is 9.09 Å². The quantitative estimate of drug-likeness (QED) is 0.307. The molecule has 0 amide bonds. The van der Waals surface area contributed by atoms with Gasteiger partial charge >= 0.3 is 0 Å². The van der Waals surface area contributed by atoms with Crippen LogP contribution in [-0.2, 0) is 9.09 Å². The molecule has 2 aliphatic rings. The highest BCUT2D eigenvalue weighted by Crippen LogP contribution is 2.58. The molecule has 2 saturated carbocycles. The van der Waals surface area contributed by atoms with Gasteiger partial charge in [0.15, 0.2) is 0 Å². The molecule has 0 saturated heterocycles. The van der Waals surface area contributed by atoms with E-state index < -0.39 is 7.37 Å². The van der Waals surface area contributed by atoms with Gasteiger partial charge in [-0.05, 0) is 32.1 Å². The van der Waals surface area contributed by atoms with Crippen LogP contribution in [-0.4, -0.2) is 17.9 Å². The first-order valence-corrected chi connectivity index (χ1v) is 12.4. The largest absolute Gasteiger partial charge is 0.325 e. The minimum atomic E-state index is -2.42. The van der Waals surface area contributed by atoms with Gasteiger partial charge in [0.1, 0.15) is 0 Å². The summed E-state index contributed by atoms with van der Waals surface area (Å²) in [5.41, 5.74) is 0.383. The van der Waals surface area contributed by atoms with E-state index in [4.69, 9.17) is 4.52 Å². The van der Waals surface area contributed by atoms with E-state index in [1.54, 1.807) is 0 Å². The van der Waals surface area contributed by atoms with Gasteiger partial charge in [-0.15, -0.1) is 0 Å². The van der Waals surface area contributed by atoms with Gasteiger partial charge in [-0.3, -0.25) is 4.57 Å². The lowest BCUT2D eigenvalue weighted by Gasteiger charge is -2.34. The van der Waals surface area contributed by atoms with E-state index in [9.17, 15) is 4.57 Å². The lowest BCUT2D eigenvalue weighted by atomic mass is 9.98. The summed E-state index contributed by atoms with van der Waals surface area (Å²) >= 11 is 0. The molecule has 23 heavy (non-hydrogen) atoms. The summed E-state index contributed by atoms with van der Waals surface area (Å²) in [6.45, 7) is 2.26. The zero-order valence-corrected chi connectivity index (χ0v) is 16.3. The van der Waals surface area contributed by atoms with Gasteiger partial charge < -0.3 is 4.52 Å². The fraction of sp³-hybridized carbons (Fsp3) is 1.00. The summed E-state index contributed by atoms with van der Waals surface area (Å²) in [4.78, 5) is 0. The average molecular weight is 343 g/mol. The molecular weight excluding hydrogens is 303 g/mol. The molecule has 2 rings (SSSR count). The Hall–Kier alpha value is 0.190. The Balaban J connectivity index is 1.83. The van der Waals surface area contributed by atoms with Crippen molar-refractivity contribution in [3.05, 3.63) is 0 Å². The highest BCUT2D eigenvalue weighted by Gasteiger charge is 2.36. The second kappa shape index (κ2) is 10.9. The first-order valence-electron chi connectivity index (χ1n) is 10.5. The molecule has 0 aliphatic heterocycles. The molecule has 0 aromatic carbocycles. The van der Waals surface area contributed by atoms with E-state index in [0.717, 1.165) is 38.3 Å². The van der Waals surface area contributed by atoms with Crippen LogP contribution in [0.5, 0.6) is 0 Å². The number of hydrogen-bond acceptors (Lipinski definition) is 2. The highest BCUT2D eigenvalue weighted by atomic mass is 31.2. The van der Waals surface area contributed by atoms with Gasteiger partial charge in [0.25, 0.3) is 0 Å². The van der Waals surface area contributed by atoms with Crippen LogP contribution >= 0.6 is 7.37 Å². The minimum absolute atomic E-state index is 0.302. The summed E-state index contributed by atoms with van der Waals surface area (Å²) in [6.07, 6.45) is 21.1. The predicted octanol–water partition coefficient (Wildman–Crippen LogP) is 7.31. The maximum atomic E-state index is 13.7. The topological polar surface area (TPSA) is 26.3 Å². The molecule has 136 valence electrons. The van der Waals surface area contributed by atoms with Crippen LogP contribution in [0.3, 0.4) is 0 Å². The van der Waals surface area contributed by atoms with Crippen molar-refractivity contribution in [3.63, 3.8) is 0 Å². The smallest absolute Gasteiger partial charge is 0.206 e. The van der Waals surface area contributed by atoms with Crippen molar-refractivity contribution in [3.8, 4) is 0 Å². The monoisotopic (exact) mass is 342 g/mol. The molecule has 0 bridgehead atoms. The standard InChI is InChI=1S/C20H39O2P/c1-2-3-4-5-6-13-18-23(21,20-16-11-8-12-17-20)22-19-14-9-7-10-15-19/h19-20H,2-18H2,1H3. The lowest BCUT2D eigenvalue weighted by molar-refractivity contribution is 0.152. The first-order chi connectivity index (χ1) is 11.2. The van der Waals surface area contributed by atoms with Crippen molar-refractivity contribution >= 4 is 7.37 Å². The van der Waals surface area contributed by atoms with Crippen molar-refractivity contribution in [2.75, 3.05) is 6.16 Å². The molecular formula is C20H39O2P. The Morgan fingerprint density at radius 3 is 2.00 bits per heavy atom. The Bertz CT molecular complexity index is 344. The summed E-state index contributed by atoms with van der Waals surface area (Å²) in [6, 6.07) is 0. The van der Waals surface area contributed by atoms with E-state index in [-0.39, 0.29) is 0 Å². The Kier molecular flexibility index (Phi) is 9.27. The van der Waals surface area contributed by atoms with E-state index >= 15 is 0 Å². The normalized spacial score (nSPS) is 23.7.